The van der Waals surface area contributed by atoms with Gasteiger partial charge in [0.2, 0.25) is 0 Å². The summed E-state index contributed by atoms with van der Waals surface area (Å²) in [7, 11) is -16.5. The predicted molar refractivity (Wildman–Crippen MR) is 91.9 cm³/mol. The molecule has 2 unspecified atom stereocenters. The molecule has 19 heteroatoms. The van der Waals surface area contributed by atoms with Crippen LogP contribution in [0.2, 0.25) is 0 Å². The second-order valence-corrected chi connectivity index (χ2v) is 10.5. The van der Waals surface area contributed by atoms with E-state index in [-0.39, 0.29) is 12.2 Å². The first-order chi connectivity index (χ1) is 13.0. The normalized spacial score (nSPS) is 29.3. The molecule has 2 heterocycles. The van der Waals surface area contributed by atoms with E-state index in [1.54, 1.807) is 0 Å². The molecule has 2 rings (SSSR count). The lowest BCUT2D eigenvalue weighted by Gasteiger charge is -2.25. The first-order valence-corrected chi connectivity index (χ1v) is 12.0. The SMILES string of the molecule is C[C@@]1(O)C[C@@H](COP(=O)(O)OP(=O)(O)OP(=O)(O)O)O[C@H]1n1ccc(N)nc1=O. The lowest BCUT2D eigenvalue weighted by atomic mass is 10.0. The van der Waals surface area contributed by atoms with Gasteiger partial charge in [-0.1, -0.05) is 0 Å². The van der Waals surface area contributed by atoms with Gasteiger partial charge in [-0.2, -0.15) is 13.6 Å². The summed E-state index contributed by atoms with van der Waals surface area (Å²) in [4.78, 5) is 50.9. The molecule has 1 saturated heterocycles. The number of aromatic nitrogens is 2. The van der Waals surface area contributed by atoms with Crippen LogP contribution in [0.25, 0.3) is 0 Å². The fourth-order valence-electron chi connectivity index (χ4n) is 2.49. The quantitative estimate of drug-likeness (QED) is 0.249. The number of phosphoric acid groups is 3. The number of ether oxygens (including phenoxy) is 1. The zero-order valence-electron chi connectivity index (χ0n) is 14.5. The van der Waals surface area contributed by atoms with E-state index in [1.165, 1.54) is 19.2 Å². The van der Waals surface area contributed by atoms with Crippen molar-refractivity contribution in [1.29, 1.82) is 0 Å². The van der Waals surface area contributed by atoms with Crippen molar-refractivity contribution in [3.63, 3.8) is 0 Å². The standard InChI is InChI=1S/C10H18N3O13P3/c1-10(15)4-6(24-8(10)13-3-2-7(11)12-9(13)14)5-23-28(19,20)26-29(21,22)25-27(16,17)18/h2-3,6,8,15H,4-5H2,1H3,(H,19,20)(H,21,22)(H2,11,12,14)(H2,16,17,18)/t6-,8+,10+/m0/s1. The Balaban J connectivity index is 2.04. The van der Waals surface area contributed by atoms with Crippen LogP contribution < -0.4 is 11.4 Å². The molecule has 7 N–H and O–H groups in total. The van der Waals surface area contributed by atoms with Gasteiger partial charge in [0.1, 0.15) is 11.4 Å². The largest absolute Gasteiger partial charge is 0.490 e. The van der Waals surface area contributed by atoms with Crippen molar-refractivity contribution in [2.24, 2.45) is 0 Å². The molecule has 29 heavy (non-hydrogen) atoms. The Morgan fingerprint density at radius 1 is 1.28 bits per heavy atom. The molecule has 16 nitrogen and oxygen atoms in total. The summed E-state index contributed by atoms with van der Waals surface area (Å²) in [5.74, 6) is -0.0619. The number of hydrogen-bond donors (Lipinski definition) is 6. The van der Waals surface area contributed by atoms with Crippen LogP contribution in [0, 0.1) is 0 Å². The van der Waals surface area contributed by atoms with E-state index in [2.05, 4.69) is 18.1 Å². The van der Waals surface area contributed by atoms with Crippen LogP contribution >= 0.6 is 23.5 Å². The van der Waals surface area contributed by atoms with Gasteiger partial charge in [-0.15, -0.1) is 0 Å². The Morgan fingerprint density at radius 3 is 2.45 bits per heavy atom. The molecule has 1 aliphatic heterocycles. The van der Waals surface area contributed by atoms with E-state index in [1.807, 2.05) is 0 Å². The van der Waals surface area contributed by atoms with Crippen LogP contribution in [-0.4, -0.2) is 52.5 Å². The predicted octanol–water partition coefficient (Wildman–Crippen LogP) is -0.793. The average molecular weight is 481 g/mol. The lowest BCUT2D eigenvalue weighted by molar-refractivity contribution is -0.0891. The van der Waals surface area contributed by atoms with E-state index < -0.39 is 53.7 Å². The monoisotopic (exact) mass is 481 g/mol. The van der Waals surface area contributed by atoms with Crippen molar-refractivity contribution in [1.82, 2.24) is 9.55 Å². The Labute approximate surface area is 162 Å². The third-order valence-electron chi connectivity index (χ3n) is 3.44. The lowest BCUT2D eigenvalue weighted by Crippen LogP contribution is -2.38. The summed E-state index contributed by atoms with van der Waals surface area (Å²) >= 11 is 0. The van der Waals surface area contributed by atoms with E-state index in [4.69, 9.17) is 25.2 Å². The molecular weight excluding hydrogens is 463 g/mol. The Hall–Kier alpha value is -0.990. The molecule has 166 valence electrons. The average Bonchev–Trinajstić information content (AvgIpc) is 2.76. The van der Waals surface area contributed by atoms with Crippen LogP contribution in [0.3, 0.4) is 0 Å². The summed E-state index contributed by atoms with van der Waals surface area (Å²) in [5.41, 5.74) is 2.91. The number of aliphatic hydroxyl groups is 1. The van der Waals surface area contributed by atoms with Crippen LogP contribution in [0.5, 0.6) is 0 Å². The number of anilines is 1. The van der Waals surface area contributed by atoms with Gasteiger partial charge < -0.3 is 35.2 Å². The van der Waals surface area contributed by atoms with E-state index in [0.717, 1.165) is 4.57 Å². The number of hydrogen-bond acceptors (Lipinski definition) is 11. The van der Waals surface area contributed by atoms with Gasteiger partial charge in [-0.25, -0.2) is 18.5 Å². The molecule has 0 saturated carbocycles. The maximum atomic E-state index is 11.9. The first-order valence-electron chi connectivity index (χ1n) is 7.51. The molecule has 1 aromatic rings. The summed E-state index contributed by atoms with van der Waals surface area (Å²) in [6.07, 6.45) is -1.35. The molecule has 0 aromatic carbocycles. The van der Waals surface area contributed by atoms with Gasteiger partial charge in [0.05, 0.1) is 12.7 Å². The summed E-state index contributed by atoms with van der Waals surface area (Å²) in [5, 5.41) is 10.5. The van der Waals surface area contributed by atoms with Crippen molar-refractivity contribution in [3.8, 4) is 0 Å². The van der Waals surface area contributed by atoms with E-state index in [0.29, 0.717) is 0 Å². The summed E-state index contributed by atoms with van der Waals surface area (Å²) < 4.78 is 51.5. The van der Waals surface area contributed by atoms with Gasteiger partial charge >= 0.3 is 29.2 Å². The van der Waals surface area contributed by atoms with Crippen LogP contribution in [0.1, 0.15) is 19.6 Å². The highest BCUT2D eigenvalue weighted by molar-refractivity contribution is 7.66. The molecule has 1 fully saturated rings. The maximum absolute atomic E-state index is 11.9. The molecule has 0 amide bonds. The molecule has 0 bridgehead atoms. The van der Waals surface area contributed by atoms with Gasteiger partial charge in [0, 0.05) is 12.6 Å². The number of phosphoric ester groups is 1. The molecular formula is C10H18N3O13P3. The third-order valence-corrected chi connectivity index (χ3v) is 7.24. The molecule has 1 aromatic heterocycles. The minimum Gasteiger partial charge on any atom is -0.385 e. The molecule has 0 spiro atoms. The smallest absolute Gasteiger partial charge is 0.385 e. The van der Waals surface area contributed by atoms with Gasteiger partial charge in [-0.05, 0) is 13.0 Å². The fraction of sp³-hybridized carbons (Fsp3) is 0.600. The van der Waals surface area contributed by atoms with E-state index >= 15 is 0 Å². The molecule has 5 atom stereocenters. The van der Waals surface area contributed by atoms with Crippen molar-refractivity contribution in [2.45, 2.75) is 31.3 Å². The highest BCUT2D eigenvalue weighted by atomic mass is 31.3. The molecule has 1 aliphatic rings. The Kier molecular flexibility index (Phi) is 6.92. The second-order valence-electron chi connectivity index (χ2n) is 6.10. The summed E-state index contributed by atoms with van der Waals surface area (Å²) in [6, 6.07) is 1.28. The van der Waals surface area contributed by atoms with Crippen molar-refractivity contribution < 1.29 is 56.3 Å². The zero-order chi connectivity index (χ0) is 22.3. The third kappa shape index (κ3) is 7.03. The zero-order valence-corrected chi connectivity index (χ0v) is 17.2. The van der Waals surface area contributed by atoms with Crippen LogP contribution in [0.4, 0.5) is 5.82 Å². The fourth-order valence-corrected chi connectivity index (χ4v) is 5.54. The molecule has 0 radical (unpaired) electrons. The topological polar surface area (TPSA) is 250 Å². The second kappa shape index (κ2) is 8.27. The number of nitrogens with zero attached hydrogens (tertiary/aromatic N) is 2. The Morgan fingerprint density at radius 2 is 1.90 bits per heavy atom. The van der Waals surface area contributed by atoms with Gasteiger partial charge in [0.25, 0.3) is 0 Å². The van der Waals surface area contributed by atoms with Gasteiger partial charge in [0.15, 0.2) is 6.23 Å². The van der Waals surface area contributed by atoms with Crippen molar-refractivity contribution >= 4 is 29.3 Å². The number of nitrogens with two attached hydrogens (primary N) is 1. The highest BCUT2D eigenvalue weighted by Crippen LogP contribution is 2.66. The maximum Gasteiger partial charge on any atom is 0.490 e. The van der Waals surface area contributed by atoms with Crippen LogP contribution in [-0.2, 0) is 31.6 Å². The summed E-state index contributed by atoms with van der Waals surface area (Å²) in [6.45, 7) is 0.540. The van der Waals surface area contributed by atoms with Crippen LogP contribution in [0.15, 0.2) is 17.1 Å². The highest BCUT2D eigenvalue weighted by Gasteiger charge is 2.47. The van der Waals surface area contributed by atoms with Crippen molar-refractivity contribution in [2.75, 3.05) is 12.3 Å². The van der Waals surface area contributed by atoms with Crippen molar-refractivity contribution in [3.05, 3.63) is 22.7 Å². The minimum atomic E-state index is -5.65. The van der Waals surface area contributed by atoms with Gasteiger partial charge in [-0.3, -0.25) is 9.09 Å². The number of rotatable bonds is 8. The Bertz CT molecular complexity index is 958. The molecule has 0 aliphatic carbocycles. The number of nitrogen functional groups attached to an aromatic ring is 1. The first kappa shape index (κ1) is 24.3. The minimum absolute atomic E-state index is 0.0619. The van der Waals surface area contributed by atoms with E-state index in [9.17, 15) is 28.5 Å².